The first-order valence-electron chi connectivity index (χ1n) is 9.31. The molecule has 0 bridgehead atoms. The summed E-state index contributed by atoms with van der Waals surface area (Å²) in [6.07, 6.45) is 3.60. The van der Waals surface area contributed by atoms with Gasteiger partial charge < -0.3 is 14.8 Å². The summed E-state index contributed by atoms with van der Waals surface area (Å²) in [5, 5.41) is 3.92. The van der Waals surface area contributed by atoms with Crippen LogP contribution in [0.3, 0.4) is 0 Å². The smallest absolute Gasteiger partial charge is 0.324 e. The van der Waals surface area contributed by atoms with Gasteiger partial charge >= 0.3 is 6.03 Å². The Kier molecular flexibility index (Phi) is 3.16. The van der Waals surface area contributed by atoms with E-state index < -0.39 is 0 Å². The fourth-order valence-electron chi connectivity index (χ4n) is 4.36. The molecule has 2 unspecified atom stereocenters. The number of anilines is 1. The van der Waals surface area contributed by atoms with E-state index in [0.29, 0.717) is 19.0 Å². The Balaban J connectivity index is 1.38. The van der Waals surface area contributed by atoms with Crippen LogP contribution in [0.5, 0.6) is 11.5 Å². The van der Waals surface area contributed by atoms with Crippen molar-refractivity contribution in [3.05, 3.63) is 12.1 Å². The molecule has 2 amide bonds. The van der Waals surface area contributed by atoms with Gasteiger partial charge in [-0.25, -0.2) is 9.78 Å². The lowest BCUT2D eigenvalue weighted by Crippen LogP contribution is -2.52. The number of amides is 2. The van der Waals surface area contributed by atoms with E-state index in [-0.39, 0.29) is 18.1 Å². The number of likely N-dealkylation sites (tertiary alicyclic amines) is 1. The number of nitrogens with zero attached hydrogens (tertiary/aromatic N) is 3. The predicted octanol–water partition coefficient (Wildman–Crippen LogP) is 2.20. The molecule has 4 aliphatic rings. The summed E-state index contributed by atoms with van der Waals surface area (Å²) < 4.78 is 12.5. The average molecular weight is 372 g/mol. The number of ether oxygens (including phenoxy) is 2. The Hall–Kier alpha value is -2.06. The number of carbonyl (C=O) groups excluding carboxylic acids is 1. The summed E-state index contributed by atoms with van der Waals surface area (Å²) in [5.74, 6) is 1.44. The number of hydrogen-bond acceptors (Lipinski definition) is 6. The largest absolute Gasteiger partial charge is 0.486 e. The predicted molar refractivity (Wildman–Crippen MR) is 98.4 cm³/mol. The molecular weight excluding hydrogens is 352 g/mol. The third kappa shape index (κ3) is 2.21. The molecule has 3 aliphatic heterocycles. The van der Waals surface area contributed by atoms with Gasteiger partial charge in [0.2, 0.25) is 0 Å². The van der Waals surface area contributed by atoms with Crippen molar-refractivity contribution in [3.8, 4) is 11.5 Å². The summed E-state index contributed by atoms with van der Waals surface area (Å²) in [7, 11) is 0. The van der Waals surface area contributed by atoms with Gasteiger partial charge in [0.1, 0.15) is 18.7 Å². The SMILES string of the molecule is O=C1NC2CCN(C3CC3)CC2N1c1nc2c3c(ccc2s1)OCCO3. The lowest BCUT2D eigenvalue weighted by molar-refractivity contribution is 0.173. The van der Waals surface area contributed by atoms with Crippen LogP contribution in [0.25, 0.3) is 10.2 Å². The Morgan fingerprint density at radius 1 is 1.19 bits per heavy atom. The van der Waals surface area contributed by atoms with E-state index in [1.807, 2.05) is 17.0 Å². The van der Waals surface area contributed by atoms with E-state index in [2.05, 4.69) is 10.2 Å². The van der Waals surface area contributed by atoms with Gasteiger partial charge in [-0.1, -0.05) is 11.3 Å². The summed E-state index contributed by atoms with van der Waals surface area (Å²) in [6, 6.07) is 5.01. The third-order valence-electron chi connectivity index (χ3n) is 5.80. The highest BCUT2D eigenvalue weighted by Gasteiger charge is 2.47. The van der Waals surface area contributed by atoms with Crippen molar-refractivity contribution in [3.63, 3.8) is 0 Å². The van der Waals surface area contributed by atoms with Crippen LogP contribution in [0, 0.1) is 0 Å². The van der Waals surface area contributed by atoms with Gasteiger partial charge in [0.15, 0.2) is 16.6 Å². The molecule has 1 aliphatic carbocycles. The van der Waals surface area contributed by atoms with E-state index in [0.717, 1.165) is 46.6 Å². The molecule has 3 fully saturated rings. The second-order valence-corrected chi connectivity index (χ2v) is 8.45. The normalized spacial score (nSPS) is 28.3. The van der Waals surface area contributed by atoms with E-state index >= 15 is 0 Å². The number of piperidine rings is 1. The lowest BCUT2D eigenvalue weighted by atomic mass is 10.0. The maximum Gasteiger partial charge on any atom is 0.324 e. The zero-order chi connectivity index (χ0) is 17.3. The highest BCUT2D eigenvalue weighted by atomic mass is 32.1. The number of fused-ring (bicyclic) bond motifs is 4. The highest BCUT2D eigenvalue weighted by Crippen LogP contribution is 2.43. The topological polar surface area (TPSA) is 66.9 Å². The fraction of sp³-hybridized carbons (Fsp3) is 0.556. The molecule has 0 radical (unpaired) electrons. The van der Waals surface area contributed by atoms with Gasteiger partial charge in [0, 0.05) is 19.1 Å². The first-order valence-corrected chi connectivity index (χ1v) is 10.1. The van der Waals surface area contributed by atoms with Crippen LogP contribution in [-0.2, 0) is 0 Å². The minimum absolute atomic E-state index is 0.0252. The van der Waals surface area contributed by atoms with Gasteiger partial charge in [-0.15, -0.1) is 0 Å². The third-order valence-corrected chi connectivity index (χ3v) is 6.82. The molecule has 2 saturated heterocycles. The number of rotatable bonds is 2. The number of carbonyl (C=O) groups is 1. The molecule has 1 N–H and O–H groups in total. The van der Waals surface area contributed by atoms with Crippen LogP contribution in [0.15, 0.2) is 12.1 Å². The first-order chi connectivity index (χ1) is 12.8. The molecule has 1 saturated carbocycles. The second-order valence-electron chi connectivity index (χ2n) is 7.44. The number of nitrogens with one attached hydrogen (secondary N) is 1. The van der Waals surface area contributed by atoms with Gasteiger partial charge in [-0.2, -0.15) is 0 Å². The molecule has 7 nitrogen and oxygen atoms in total. The summed E-state index contributed by atoms with van der Waals surface area (Å²) in [4.78, 5) is 21.9. The Morgan fingerprint density at radius 3 is 2.96 bits per heavy atom. The van der Waals surface area contributed by atoms with Crippen molar-refractivity contribution in [2.45, 2.75) is 37.4 Å². The zero-order valence-corrected chi connectivity index (χ0v) is 15.1. The Morgan fingerprint density at radius 2 is 2.08 bits per heavy atom. The molecule has 1 aromatic carbocycles. The van der Waals surface area contributed by atoms with Crippen molar-refractivity contribution in [2.75, 3.05) is 31.2 Å². The van der Waals surface area contributed by atoms with Gasteiger partial charge in [0.05, 0.1) is 16.8 Å². The molecule has 136 valence electrons. The van der Waals surface area contributed by atoms with Crippen LogP contribution in [0.4, 0.5) is 9.93 Å². The van der Waals surface area contributed by atoms with E-state index in [9.17, 15) is 4.79 Å². The van der Waals surface area contributed by atoms with Crippen molar-refractivity contribution >= 4 is 32.7 Å². The molecule has 8 heteroatoms. The van der Waals surface area contributed by atoms with Crippen LogP contribution >= 0.6 is 11.3 Å². The molecule has 6 rings (SSSR count). The van der Waals surface area contributed by atoms with Gasteiger partial charge in [-0.05, 0) is 31.4 Å². The Labute approximate surface area is 154 Å². The molecule has 0 spiro atoms. The monoisotopic (exact) mass is 372 g/mol. The maximum absolute atomic E-state index is 12.7. The quantitative estimate of drug-likeness (QED) is 0.875. The van der Waals surface area contributed by atoms with Gasteiger partial charge in [-0.3, -0.25) is 9.80 Å². The van der Waals surface area contributed by atoms with Crippen LogP contribution in [0.2, 0.25) is 0 Å². The molecular formula is C18H20N4O3S. The molecule has 1 aromatic heterocycles. The number of aromatic nitrogens is 1. The minimum Gasteiger partial charge on any atom is -0.486 e. The van der Waals surface area contributed by atoms with Crippen molar-refractivity contribution in [2.24, 2.45) is 0 Å². The highest BCUT2D eigenvalue weighted by molar-refractivity contribution is 7.22. The maximum atomic E-state index is 12.7. The lowest BCUT2D eigenvalue weighted by Gasteiger charge is -2.36. The van der Waals surface area contributed by atoms with Crippen molar-refractivity contribution in [1.29, 1.82) is 0 Å². The summed E-state index contributed by atoms with van der Waals surface area (Å²) in [6.45, 7) is 3.11. The molecule has 4 heterocycles. The number of benzene rings is 1. The van der Waals surface area contributed by atoms with E-state index in [1.54, 1.807) is 11.3 Å². The van der Waals surface area contributed by atoms with Gasteiger partial charge in [0.25, 0.3) is 0 Å². The zero-order valence-electron chi connectivity index (χ0n) is 14.3. The minimum atomic E-state index is -0.0252. The number of thiazole rings is 1. The summed E-state index contributed by atoms with van der Waals surface area (Å²) >= 11 is 1.55. The van der Waals surface area contributed by atoms with Crippen LogP contribution in [0.1, 0.15) is 19.3 Å². The Bertz CT molecular complexity index is 896. The number of urea groups is 1. The standard InChI is InChI=1S/C18H20N4O3S/c23-17-19-11-5-6-21(10-1-2-10)9-12(11)22(17)18-20-15-14(26-18)4-3-13-16(15)25-8-7-24-13/h3-4,10-12H,1-2,5-9H2,(H,19,23). The second kappa shape index (κ2) is 5.47. The molecule has 26 heavy (non-hydrogen) atoms. The first kappa shape index (κ1) is 15.0. The van der Waals surface area contributed by atoms with Crippen LogP contribution < -0.4 is 19.7 Å². The fourth-order valence-corrected chi connectivity index (χ4v) is 5.38. The molecule has 2 aromatic rings. The van der Waals surface area contributed by atoms with Crippen molar-refractivity contribution in [1.82, 2.24) is 15.2 Å². The summed E-state index contributed by atoms with van der Waals surface area (Å²) in [5.41, 5.74) is 0.799. The van der Waals surface area contributed by atoms with E-state index in [4.69, 9.17) is 14.5 Å². The molecule has 2 atom stereocenters. The van der Waals surface area contributed by atoms with E-state index in [1.165, 1.54) is 12.8 Å². The average Bonchev–Trinajstić information content (AvgIpc) is 3.33. The van der Waals surface area contributed by atoms with Crippen LogP contribution in [-0.4, -0.2) is 60.3 Å². The van der Waals surface area contributed by atoms with Crippen molar-refractivity contribution < 1.29 is 14.3 Å². The number of hydrogen-bond donors (Lipinski definition) is 1.